The normalized spacial score (nSPS) is 16.1. The van der Waals surface area contributed by atoms with Crippen LogP contribution in [0, 0.1) is 5.92 Å². The molecule has 1 amide bonds. The van der Waals surface area contributed by atoms with Crippen LogP contribution in [-0.4, -0.2) is 35.0 Å². The molecule has 3 N–H and O–H groups in total. The van der Waals surface area contributed by atoms with Crippen molar-refractivity contribution in [1.82, 2.24) is 4.90 Å². The lowest BCUT2D eigenvalue weighted by atomic mass is 10.1. The van der Waals surface area contributed by atoms with Gasteiger partial charge in [0.05, 0.1) is 6.04 Å². The minimum Gasteiger partial charge on any atom is -0.508 e. The van der Waals surface area contributed by atoms with Gasteiger partial charge in [0.2, 0.25) is 5.91 Å². The number of hydrogen-bond donors (Lipinski definition) is 2. The average Bonchev–Trinajstić information content (AvgIpc) is 3.22. The van der Waals surface area contributed by atoms with Gasteiger partial charge < -0.3 is 15.7 Å². The third-order valence-corrected chi connectivity index (χ3v) is 3.58. The number of rotatable bonds is 6. The number of nitrogens with zero attached hydrogens (tertiary/aromatic N) is 1. The summed E-state index contributed by atoms with van der Waals surface area (Å²) < 4.78 is 0. The molecule has 1 aliphatic rings. The van der Waals surface area contributed by atoms with E-state index >= 15 is 0 Å². The summed E-state index contributed by atoms with van der Waals surface area (Å²) in [6.45, 7) is 3.56. The Morgan fingerprint density at radius 2 is 2.05 bits per heavy atom. The van der Waals surface area contributed by atoms with Gasteiger partial charge in [0.15, 0.2) is 0 Å². The number of phenolic OH excluding ortho intramolecular Hbond substituents is 1. The predicted octanol–water partition coefficient (Wildman–Crippen LogP) is 1.52. The second-order valence-corrected chi connectivity index (χ2v) is 5.30. The van der Waals surface area contributed by atoms with E-state index in [1.165, 1.54) is 12.8 Å². The number of hydrogen-bond acceptors (Lipinski definition) is 3. The van der Waals surface area contributed by atoms with Gasteiger partial charge >= 0.3 is 0 Å². The number of carbonyl (C=O) groups excluding carboxylic acids is 1. The maximum absolute atomic E-state index is 12.3. The Kier molecular flexibility index (Phi) is 4.43. The monoisotopic (exact) mass is 262 g/mol. The van der Waals surface area contributed by atoms with Gasteiger partial charge in [-0.2, -0.15) is 0 Å². The summed E-state index contributed by atoms with van der Waals surface area (Å²) in [4.78, 5) is 14.1. The van der Waals surface area contributed by atoms with Crippen LogP contribution in [-0.2, 0) is 11.2 Å². The van der Waals surface area contributed by atoms with Crippen molar-refractivity contribution in [2.75, 3.05) is 13.1 Å². The predicted molar refractivity (Wildman–Crippen MR) is 74.8 cm³/mol. The molecule has 1 aromatic rings. The second kappa shape index (κ2) is 6.06. The second-order valence-electron chi connectivity index (χ2n) is 5.30. The quantitative estimate of drug-likeness (QED) is 0.817. The molecule has 0 aromatic heterocycles. The van der Waals surface area contributed by atoms with Gasteiger partial charge in [0, 0.05) is 13.1 Å². The van der Waals surface area contributed by atoms with E-state index in [9.17, 15) is 9.90 Å². The summed E-state index contributed by atoms with van der Waals surface area (Å²) in [6, 6.07) is 6.35. The van der Waals surface area contributed by atoms with Gasteiger partial charge in [-0.3, -0.25) is 4.79 Å². The van der Waals surface area contributed by atoms with E-state index in [-0.39, 0.29) is 11.7 Å². The number of likely N-dealkylation sites (N-methyl/N-ethyl adjacent to an activating group) is 1. The Hall–Kier alpha value is -1.55. The average molecular weight is 262 g/mol. The topological polar surface area (TPSA) is 66.6 Å². The molecule has 19 heavy (non-hydrogen) atoms. The lowest BCUT2D eigenvalue weighted by Crippen LogP contribution is -2.45. The van der Waals surface area contributed by atoms with Crippen LogP contribution in [0.3, 0.4) is 0 Å². The lowest BCUT2D eigenvalue weighted by Gasteiger charge is -2.24. The molecule has 1 fully saturated rings. The van der Waals surface area contributed by atoms with Crippen LogP contribution < -0.4 is 5.73 Å². The first-order chi connectivity index (χ1) is 9.10. The van der Waals surface area contributed by atoms with Crippen molar-refractivity contribution in [3.05, 3.63) is 29.8 Å². The fourth-order valence-corrected chi connectivity index (χ4v) is 2.19. The molecular weight excluding hydrogens is 240 g/mol. The summed E-state index contributed by atoms with van der Waals surface area (Å²) in [5.41, 5.74) is 6.98. The van der Waals surface area contributed by atoms with Crippen LogP contribution >= 0.6 is 0 Å². The fraction of sp³-hybridized carbons (Fsp3) is 0.533. The summed E-state index contributed by atoms with van der Waals surface area (Å²) in [7, 11) is 0. The van der Waals surface area contributed by atoms with Gasteiger partial charge in [-0.25, -0.2) is 0 Å². The summed E-state index contributed by atoms with van der Waals surface area (Å²) in [5, 5.41) is 9.23. The highest BCUT2D eigenvalue weighted by Gasteiger charge is 2.28. The van der Waals surface area contributed by atoms with Crippen LogP contribution in [0.2, 0.25) is 0 Å². The van der Waals surface area contributed by atoms with E-state index in [0.29, 0.717) is 12.3 Å². The molecule has 2 rings (SSSR count). The summed E-state index contributed by atoms with van der Waals surface area (Å²) in [6.07, 6.45) is 2.98. The molecular formula is C15H22N2O2. The zero-order valence-corrected chi connectivity index (χ0v) is 11.4. The summed E-state index contributed by atoms with van der Waals surface area (Å²) >= 11 is 0. The van der Waals surface area contributed by atoms with Crippen LogP contribution in [0.4, 0.5) is 0 Å². The molecule has 1 aromatic carbocycles. The van der Waals surface area contributed by atoms with E-state index in [1.807, 2.05) is 11.8 Å². The molecule has 4 nitrogen and oxygen atoms in total. The van der Waals surface area contributed by atoms with Gasteiger partial charge in [-0.15, -0.1) is 0 Å². The standard InChI is InChI=1S/C15H22N2O2/c1-2-17(10-12-3-4-12)15(19)14(16)9-11-5-7-13(18)8-6-11/h5-8,12,14,18H,2-4,9-10,16H2,1H3/t14-/m1/s1. The smallest absolute Gasteiger partial charge is 0.239 e. The first-order valence-corrected chi connectivity index (χ1v) is 6.92. The molecule has 0 bridgehead atoms. The van der Waals surface area contributed by atoms with E-state index in [1.54, 1.807) is 24.3 Å². The highest BCUT2D eigenvalue weighted by Crippen LogP contribution is 2.29. The molecule has 0 aliphatic heterocycles. The van der Waals surface area contributed by atoms with E-state index in [2.05, 4.69) is 0 Å². The first kappa shape index (κ1) is 13.9. The summed E-state index contributed by atoms with van der Waals surface area (Å²) in [5.74, 6) is 0.944. The number of aromatic hydroxyl groups is 1. The molecule has 4 heteroatoms. The Morgan fingerprint density at radius 3 is 2.58 bits per heavy atom. The lowest BCUT2D eigenvalue weighted by molar-refractivity contribution is -0.132. The molecule has 1 aliphatic carbocycles. The highest BCUT2D eigenvalue weighted by molar-refractivity contribution is 5.82. The number of benzene rings is 1. The van der Waals surface area contributed by atoms with E-state index in [4.69, 9.17) is 5.73 Å². The molecule has 0 unspecified atom stereocenters. The van der Waals surface area contributed by atoms with Gasteiger partial charge in [0.1, 0.15) is 5.75 Å². The molecule has 0 heterocycles. The van der Waals surface area contributed by atoms with Crippen molar-refractivity contribution >= 4 is 5.91 Å². The van der Waals surface area contributed by atoms with Crippen molar-refractivity contribution in [1.29, 1.82) is 0 Å². The van der Waals surface area contributed by atoms with Crippen molar-refractivity contribution < 1.29 is 9.90 Å². The Balaban J connectivity index is 1.91. The Morgan fingerprint density at radius 1 is 1.42 bits per heavy atom. The molecule has 0 radical (unpaired) electrons. The third kappa shape index (κ3) is 3.96. The fourth-order valence-electron chi connectivity index (χ4n) is 2.19. The van der Waals surface area contributed by atoms with Crippen LogP contribution in [0.15, 0.2) is 24.3 Å². The SMILES string of the molecule is CCN(CC1CC1)C(=O)[C@H](N)Cc1ccc(O)cc1. The van der Waals surface area contributed by atoms with Crippen molar-refractivity contribution in [2.45, 2.75) is 32.2 Å². The minimum atomic E-state index is -0.497. The van der Waals surface area contributed by atoms with Crippen molar-refractivity contribution in [3.8, 4) is 5.75 Å². The molecule has 104 valence electrons. The number of carbonyl (C=O) groups is 1. The van der Waals surface area contributed by atoms with Gasteiger partial charge in [-0.1, -0.05) is 12.1 Å². The highest BCUT2D eigenvalue weighted by atomic mass is 16.3. The number of nitrogens with two attached hydrogens (primary N) is 1. The molecule has 1 saturated carbocycles. The molecule has 1 atom stereocenters. The number of amides is 1. The van der Waals surface area contributed by atoms with Crippen LogP contribution in [0.25, 0.3) is 0 Å². The Labute approximate surface area is 114 Å². The first-order valence-electron chi connectivity index (χ1n) is 6.92. The maximum atomic E-state index is 12.3. The van der Waals surface area contributed by atoms with Gasteiger partial charge in [0.25, 0.3) is 0 Å². The number of phenols is 1. The molecule has 0 spiro atoms. The van der Waals surface area contributed by atoms with Gasteiger partial charge in [-0.05, 0) is 49.8 Å². The van der Waals surface area contributed by atoms with Crippen molar-refractivity contribution in [3.63, 3.8) is 0 Å². The van der Waals surface area contributed by atoms with E-state index < -0.39 is 6.04 Å². The minimum absolute atomic E-state index is 0.0301. The van der Waals surface area contributed by atoms with Crippen molar-refractivity contribution in [2.24, 2.45) is 11.7 Å². The van der Waals surface area contributed by atoms with Crippen LogP contribution in [0.1, 0.15) is 25.3 Å². The third-order valence-electron chi connectivity index (χ3n) is 3.58. The van der Waals surface area contributed by atoms with Crippen LogP contribution in [0.5, 0.6) is 5.75 Å². The Bertz CT molecular complexity index is 426. The van der Waals surface area contributed by atoms with E-state index in [0.717, 1.165) is 18.7 Å². The maximum Gasteiger partial charge on any atom is 0.239 e. The zero-order valence-electron chi connectivity index (χ0n) is 11.4. The zero-order chi connectivity index (χ0) is 13.8. The molecule has 0 saturated heterocycles. The largest absolute Gasteiger partial charge is 0.508 e.